The van der Waals surface area contributed by atoms with Gasteiger partial charge in [-0.25, -0.2) is 4.98 Å². The fraction of sp³-hybridized carbons (Fsp3) is 0.0370. The zero-order valence-corrected chi connectivity index (χ0v) is 19.4. The Morgan fingerprint density at radius 2 is 1.66 bits per heavy atom. The highest BCUT2D eigenvalue weighted by atomic mass is 32.2. The number of nitro benzene ring substituents is 1. The van der Waals surface area contributed by atoms with E-state index in [0.29, 0.717) is 28.2 Å². The lowest BCUT2D eigenvalue weighted by molar-refractivity contribution is -0.384. The predicted molar refractivity (Wildman–Crippen MR) is 136 cm³/mol. The molecule has 0 N–H and O–H groups in total. The molecule has 0 radical (unpaired) electrons. The number of rotatable bonds is 4. The third-order valence-corrected chi connectivity index (χ3v) is 7.26. The first kappa shape index (κ1) is 21.1. The first-order chi connectivity index (χ1) is 17.0. The maximum Gasteiger partial charge on any atom is 0.269 e. The van der Waals surface area contributed by atoms with Gasteiger partial charge in [0.1, 0.15) is 11.3 Å². The molecule has 170 valence electrons. The molecule has 0 saturated carbocycles. The van der Waals surface area contributed by atoms with Gasteiger partial charge in [-0.15, -0.1) is 0 Å². The molecule has 0 spiro atoms. The van der Waals surface area contributed by atoms with E-state index in [0.717, 1.165) is 16.3 Å². The van der Waals surface area contributed by atoms with Crippen LogP contribution in [0.1, 0.15) is 16.1 Å². The number of nitro groups is 1. The van der Waals surface area contributed by atoms with Crippen molar-refractivity contribution in [2.45, 2.75) is 9.79 Å². The lowest BCUT2D eigenvalue weighted by Gasteiger charge is -2.29. The molecule has 3 heterocycles. The van der Waals surface area contributed by atoms with Crippen molar-refractivity contribution in [3.05, 3.63) is 112 Å². The number of carbonyl (C=O) groups is 1. The zero-order valence-electron chi connectivity index (χ0n) is 18.6. The SMILES string of the molecule is CN1c2ccccc2Sc2ccc(C(=O)c3nc4ccccn4c3-c3ccc([N+](=O)[O-])cc3)cc21. The third kappa shape index (κ3) is 3.46. The molecular formula is C27H18N4O3S. The molecule has 0 fully saturated rings. The molecule has 2 aromatic heterocycles. The molecule has 3 aromatic carbocycles. The van der Waals surface area contributed by atoms with Crippen molar-refractivity contribution in [1.29, 1.82) is 0 Å². The molecule has 0 aliphatic carbocycles. The Morgan fingerprint density at radius 1 is 0.914 bits per heavy atom. The first-order valence-electron chi connectivity index (χ1n) is 10.9. The quantitative estimate of drug-likeness (QED) is 0.170. The van der Waals surface area contributed by atoms with Crippen molar-refractivity contribution in [3.63, 3.8) is 0 Å². The largest absolute Gasteiger partial charge is 0.343 e. The summed E-state index contributed by atoms with van der Waals surface area (Å²) in [4.78, 5) is 33.5. The van der Waals surface area contributed by atoms with Crippen molar-refractivity contribution in [1.82, 2.24) is 9.38 Å². The van der Waals surface area contributed by atoms with Crippen LogP contribution in [0.5, 0.6) is 0 Å². The van der Waals surface area contributed by atoms with E-state index in [9.17, 15) is 14.9 Å². The molecule has 7 nitrogen and oxygen atoms in total. The number of nitrogens with zero attached hydrogens (tertiary/aromatic N) is 4. The molecule has 0 amide bonds. The van der Waals surface area contributed by atoms with Gasteiger partial charge in [-0.1, -0.05) is 30.0 Å². The minimum Gasteiger partial charge on any atom is -0.343 e. The lowest BCUT2D eigenvalue weighted by Crippen LogP contribution is -2.15. The van der Waals surface area contributed by atoms with E-state index in [4.69, 9.17) is 0 Å². The Bertz CT molecular complexity index is 1640. The molecule has 6 rings (SSSR count). The van der Waals surface area contributed by atoms with Gasteiger partial charge >= 0.3 is 0 Å². The number of anilines is 2. The Kier molecular flexibility index (Phi) is 4.89. The van der Waals surface area contributed by atoms with E-state index < -0.39 is 4.92 Å². The summed E-state index contributed by atoms with van der Waals surface area (Å²) >= 11 is 1.68. The van der Waals surface area contributed by atoms with Gasteiger partial charge in [0.2, 0.25) is 5.78 Å². The average Bonchev–Trinajstić information content (AvgIpc) is 3.28. The summed E-state index contributed by atoms with van der Waals surface area (Å²) in [6, 6.07) is 25.6. The van der Waals surface area contributed by atoms with Crippen LogP contribution in [0.15, 0.2) is 101 Å². The summed E-state index contributed by atoms with van der Waals surface area (Å²) in [6.07, 6.45) is 1.84. The number of aromatic nitrogens is 2. The van der Waals surface area contributed by atoms with Crippen LogP contribution in [-0.4, -0.2) is 27.1 Å². The highest BCUT2D eigenvalue weighted by Gasteiger charge is 2.25. The monoisotopic (exact) mass is 478 g/mol. The van der Waals surface area contributed by atoms with Crippen molar-refractivity contribution >= 4 is 40.3 Å². The molecule has 35 heavy (non-hydrogen) atoms. The standard InChI is InChI=1S/C27H18N4O3S/c1-29-20-6-2-3-7-22(20)35-23-14-11-18(16-21(23)29)27(32)25-26(30-15-5-4-8-24(30)28-25)17-9-12-19(13-10-17)31(33)34/h2-16H,1H3. The van der Waals surface area contributed by atoms with Crippen LogP contribution in [-0.2, 0) is 0 Å². The summed E-state index contributed by atoms with van der Waals surface area (Å²) in [5, 5.41) is 11.1. The number of hydrogen-bond acceptors (Lipinski definition) is 6. The Balaban J connectivity index is 1.46. The fourth-order valence-corrected chi connectivity index (χ4v) is 5.51. The van der Waals surface area contributed by atoms with E-state index >= 15 is 0 Å². The second-order valence-corrected chi connectivity index (χ2v) is 9.27. The van der Waals surface area contributed by atoms with Gasteiger partial charge in [0.05, 0.1) is 22.0 Å². The van der Waals surface area contributed by atoms with Crippen LogP contribution in [0.3, 0.4) is 0 Å². The lowest BCUT2D eigenvalue weighted by atomic mass is 10.0. The van der Waals surface area contributed by atoms with Crippen LogP contribution >= 0.6 is 11.8 Å². The van der Waals surface area contributed by atoms with Gasteiger partial charge < -0.3 is 4.90 Å². The number of hydrogen-bond donors (Lipinski definition) is 0. The second-order valence-electron chi connectivity index (χ2n) is 8.18. The first-order valence-corrected chi connectivity index (χ1v) is 11.7. The van der Waals surface area contributed by atoms with E-state index in [-0.39, 0.29) is 11.5 Å². The zero-order chi connectivity index (χ0) is 24.1. The number of non-ortho nitro benzene ring substituents is 1. The number of imidazole rings is 1. The summed E-state index contributed by atoms with van der Waals surface area (Å²) in [5.41, 5.74) is 4.78. The van der Waals surface area contributed by atoms with Crippen LogP contribution in [0, 0.1) is 10.1 Å². The van der Waals surface area contributed by atoms with Crippen molar-refractivity contribution in [2.24, 2.45) is 0 Å². The molecule has 0 unspecified atom stereocenters. The number of para-hydroxylation sites is 1. The van der Waals surface area contributed by atoms with Crippen molar-refractivity contribution < 1.29 is 9.72 Å². The van der Waals surface area contributed by atoms with Gasteiger partial charge in [-0.3, -0.25) is 19.3 Å². The van der Waals surface area contributed by atoms with E-state index in [2.05, 4.69) is 22.0 Å². The summed E-state index contributed by atoms with van der Waals surface area (Å²) in [5.74, 6) is -0.206. The number of pyridine rings is 1. The number of benzene rings is 3. The Labute approximate surface area is 204 Å². The average molecular weight is 479 g/mol. The molecule has 0 bridgehead atoms. The van der Waals surface area contributed by atoms with Gasteiger partial charge in [0.15, 0.2) is 0 Å². The highest BCUT2D eigenvalue weighted by molar-refractivity contribution is 7.99. The van der Waals surface area contributed by atoms with Crippen LogP contribution in [0.25, 0.3) is 16.9 Å². The van der Waals surface area contributed by atoms with Crippen LogP contribution in [0.2, 0.25) is 0 Å². The van der Waals surface area contributed by atoms with E-state index in [1.54, 1.807) is 23.9 Å². The number of fused-ring (bicyclic) bond motifs is 3. The molecule has 1 aliphatic rings. The summed E-state index contributed by atoms with van der Waals surface area (Å²) < 4.78 is 1.84. The third-order valence-electron chi connectivity index (χ3n) is 6.13. The highest BCUT2D eigenvalue weighted by Crippen LogP contribution is 2.47. The maximum absolute atomic E-state index is 13.8. The van der Waals surface area contributed by atoms with Gasteiger partial charge in [-0.05, 0) is 54.6 Å². The van der Waals surface area contributed by atoms with Crippen molar-refractivity contribution in [3.8, 4) is 11.3 Å². The minimum atomic E-state index is -0.440. The number of ketones is 1. The van der Waals surface area contributed by atoms with E-state index in [1.165, 1.54) is 17.0 Å². The Hall–Kier alpha value is -4.43. The van der Waals surface area contributed by atoms with Crippen LogP contribution in [0.4, 0.5) is 17.1 Å². The summed E-state index contributed by atoms with van der Waals surface area (Å²) in [7, 11) is 2.00. The predicted octanol–water partition coefficient (Wildman–Crippen LogP) is 6.37. The van der Waals surface area contributed by atoms with Gasteiger partial charge in [0, 0.05) is 46.3 Å². The Morgan fingerprint density at radius 3 is 2.46 bits per heavy atom. The maximum atomic E-state index is 13.8. The fourth-order valence-electron chi connectivity index (χ4n) is 4.38. The van der Waals surface area contributed by atoms with Gasteiger partial charge in [-0.2, -0.15) is 0 Å². The van der Waals surface area contributed by atoms with Crippen LogP contribution < -0.4 is 4.90 Å². The smallest absolute Gasteiger partial charge is 0.269 e. The normalized spacial score (nSPS) is 12.3. The van der Waals surface area contributed by atoms with Crippen molar-refractivity contribution in [2.75, 3.05) is 11.9 Å². The topological polar surface area (TPSA) is 80.8 Å². The number of carbonyl (C=O) groups excluding carboxylic acids is 1. The second kappa shape index (κ2) is 8.11. The van der Waals surface area contributed by atoms with E-state index in [1.807, 2.05) is 66.2 Å². The molecule has 5 aromatic rings. The molecule has 0 atom stereocenters. The molecule has 8 heteroatoms. The van der Waals surface area contributed by atoms with Gasteiger partial charge in [0.25, 0.3) is 5.69 Å². The molecule has 1 aliphatic heterocycles. The molecular weight excluding hydrogens is 460 g/mol. The summed E-state index contributed by atoms with van der Waals surface area (Å²) in [6.45, 7) is 0. The minimum absolute atomic E-state index is 0.00838. The molecule has 0 saturated heterocycles.